The number of rotatable bonds is 5. The predicted octanol–water partition coefficient (Wildman–Crippen LogP) is 4.08. The average Bonchev–Trinajstić information content (AvgIpc) is 2.90. The second kappa shape index (κ2) is 6.30. The number of benzene rings is 1. The van der Waals surface area contributed by atoms with Gasteiger partial charge in [0.05, 0.1) is 11.3 Å². The molecule has 112 valence electrons. The number of aromatic nitrogens is 1. The molecule has 1 aromatic heterocycles. The minimum absolute atomic E-state index is 0.247. The van der Waals surface area contributed by atoms with Crippen LogP contribution < -0.4 is 4.74 Å². The first-order valence-corrected chi connectivity index (χ1v) is 7.33. The lowest BCUT2D eigenvalue weighted by molar-refractivity contribution is -0.144. The highest BCUT2D eigenvalue weighted by Crippen LogP contribution is 2.34. The Morgan fingerprint density at radius 1 is 1.33 bits per heavy atom. The van der Waals surface area contributed by atoms with Crippen LogP contribution in [0.5, 0.6) is 5.75 Å². The first-order chi connectivity index (χ1) is 9.88. The zero-order chi connectivity index (χ0) is 15.6. The van der Waals surface area contributed by atoms with Gasteiger partial charge in [-0.1, -0.05) is 34.9 Å². The van der Waals surface area contributed by atoms with Crippen molar-refractivity contribution < 1.29 is 19.2 Å². The molecule has 0 aliphatic carbocycles. The van der Waals surface area contributed by atoms with E-state index in [1.165, 1.54) is 6.92 Å². The molecule has 6 heteroatoms. The van der Waals surface area contributed by atoms with E-state index in [4.69, 9.17) is 14.4 Å². The number of aliphatic carboxylic acids is 1. The number of ether oxygens (including phenoxy) is 1. The van der Waals surface area contributed by atoms with Gasteiger partial charge in [-0.25, -0.2) is 4.79 Å². The highest BCUT2D eigenvalue weighted by Gasteiger charge is 2.18. The summed E-state index contributed by atoms with van der Waals surface area (Å²) in [5.74, 6) is 0.216. The van der Waals surface area contributed by atoms with Crippen LogP contribution in [0.15, 0.2) is 33.3 Å². The van der Waals surface area contributed by atoms with E-state index in [9.17, 15) is 4.79 Å². The SMILES string of the molecule is CC(C)c1cc(-c2cc(Br)ccc2O[C@@H](C)C(=O)O)on1. The minimum Gasteiger partial charge on any atom is -0.479 e. The molecule has 0 aliphatic heterocycles. The Morgan fingerprint density at radius 2 is 2.05 bits per heavy atom. The second-order valence-electron chi connectivity index (χ2n) is 5.01. The molecule has 0 bridgehead atoms. The molecule has 1 aromatic carbocycles. The molecule has 1 atom stereocenters. The lowest BCUT2D eigenvalue weighted by Crippen LogP contribution is -2.23. The topological polar surface area (TPSA) is 72.6 Å². The third kappa shape index (κ3) is 3.64. The first kappa shape index (κ1) is 15.6. The van der Waals surface area contributed by atoms with Gasteiger partial charge in [0.1, 0.15) is 5.75 Å². The number of carboxylic acids is 1. The van der Waals surface area contributed by atoms with Crippen molar-refractivity contribution in [3.8, 4) is 17.1 Å². The van der Waals surface area contributed by atoms with Crippen LogP contribution in [-0.2, 0) is 4.79 Å². The largest absolute Gasteiger partial charge is 0.479 e. The lowest BCUT2D eigenvalue weighted by atomic mass is 10.1. The zero-order valence-electron chi connectivity index (χ0n) is 12.0. The van der Waals surface area contributed by atoms with Crippen molar-refractivity contribution in [2.75, 3.05) is 0 Å². The molecule has 5 nitrogen and oxygen atoms in total. The molecule has 0 unspecified atom stereocenters. The van der Waals surface area contributed by atoms with E-state index in [1.54, 1.807) is 12.1 Å². The second-order valence-corrected chi connectivity index (χ2v) is 5.93. The Kier molecular flexibility index (Phi) is 4.67. The number of hydrogen-bond acceptors (Lipinski definition) is 4. The molecule has 0 fully saturated rings. The number of nitrogens with zero attached hydrogens (tertiary/aromatic N) is 1. The van der Waals surface area contributed by atoms with Crippen molar-refractivity contribution in [3.05, 3.63) is 34.4 Å². The van der Waals surface area contributed by atoms with E-state index in [2.05, 4.69) is 21.1 Å². The molecule has 0 saturated carbocycles. The number of carboxylic acid groups (broad SMARTS) is 1. The summed E-state index contributed by atoms with van der Waals surface area (Å²) in [5.41, 5.74) is 1.50. The van der Waals surface area contributed by atoms with Gasteiger partial charge in [-0.05, 0) is 31.0 Å². The molecule has 2 rings (SSSR count). The fourth-order valence-electron chi connectivity index (χ4n) is 1.73. The molecule has 1 N–H and O–H groups in total. The fraction of sp³-hybridized carbons (Fsp3) is 0.333. The van der Waals surface area contributed by atoms with Gasteiger partial charge in [-0.2, -0.15) is 0 Å². The maximum absolute atomic E-state index is 10.9. The summed E-state index contributed by atoms with van der Waals surface area (Å²) in [6, 6.07) is 7.14. The number of hydrogen-bond donors (Lipinski definition) is 1. The third-order valence-electron chi connectivity index (χ3n) is 2.98. The molecule has 21 heavy (non-hydrogen) atoms. The van der Waals surface area contributed by atoms with Crippen molar-refractivity contribution in [1.29, 1.82) is 0 Å². The van der Waals surface area contributed by atoms with Crippen LogP contribution in [0, 0.1) is 0 Å². The summed E-state index contributed by atoms with van der Waals surface area (Å²) in [6.07, 6.45) is -0.947. The van der Waals surface area contributed by atoms with E-state index >= 15 is 0 Å². The van der Waals surface area contributed by atoms with Crippen LogP contribution in [0.2, 0.25) is 0 Å². The van der Waals surface area contributed by atoms with Gasteiger partial charge in [-0.3, -0.25) is 0 Å². The Hall–Kier alpha value is -1.82. The Morgan fingerprint density at radius 3 is 2.62 bits per heavy atom. The lowest BCUT2D eigenvalue weighted by Gasteiger charge is -2.13. The van der Waals surface area contributed by atoms with Gasteiger partial charge < -0.3 is 14.4 Å². The predicted molar refractivity (Wildman–Crippen MR) is 81.5 cm³/mol. The molecule has 0 radical (unpaired) electrons. The first-order valence-electron chi connectivity index (χ1n) is 6.54. The third-order valence-corrected chi connectivity index (χ3v) is 3.47. The summed E-state index contributed by atoms with van der Waals surface area (Å²) >= 11 is 3.39. The van der Waals surface area contributed by atoms with Gasteiger partial charge in [0, 0.05) is 10.5 Å². The highest BCUT2D eigenvalue weighted by atomic mass is 79.9. The van der Waals surface area contributed by atoms with Crippen LogP contribution >= 0.6 is 15.9 Å². The van der Waals surface area contributed by atoms with E-state index in [1.807, 2.05) is 26.0 Å². The van der Waals surface area contributed by atoms with E-state index in [-0.39, 0.29) is 5.92 Å². The molecule has 0 spiro atoms. The summed E-state index contributed by atoms with van der Waals surface area (Å²) in [6.45, 7) is 5.52. The Labute approximate surface area is 131 Å². The maximum Gasteiger partial charge on any atom is 0.344 e. The van der Waals surface area contributed by atoms with Gasteiger partial charge >= 0.3 is 5.97 Å². The van der Waals surface area contributed by atoms with Gasteiger partial charge in [0.25, 0.3) is 0 Å². The highest BCUT2D eigenvalue weighted by molar-refractivity contribution is 9.10. The molecule has 0 saturated heterocycles. The van der Waals surface area contributed by atoms with Crippen LogP contribution in [0.3, 0.4) is 0 Å². The Balaban J connectivity index is 2.40. The summed E-state index contributed by atoms with van der Waals surface area (Å²) in [5, 5.41) is 13.0. The summed E-state index contributed by atoms with van der Waals surface area (Å²) in [7, 11) is 0. The summed E-state index contributed by atoms with van der Waals surface area (Å²) < 4.78 is 11.7. The van der Waals surface area contributed by atoms with Gasteiger partial charge in [-0.15, -0.1) is 0 Å². The van der Waals surface area contributed by atoms with Gasteiger partial charge in [0.2, 0.25) is 0 Å². The van der Waals surface area contributed by atoms with Crippen LogP contribution in [0.4, 0.5) is 0 Å². The van der Waals surface area contributed by atoms with Crippen LogP contribution in [-0.4, -0.2) is 22.3 Å². The molecule has 1 heterocycles. The monoisotopic (exact) mass is 353 g/mol. The molecular weight excluding hydrogens is 338 g/mol. The van der Waals surface area contributed by atoms with E-state index in [0.29, 0.717) is 17.1 Å². The smallest absolute Gasteiger partial charge is 0.344 e. The van der Waals surface area contributed by atoms with Crippen LogP contribution in [0.25, 0.3) is 11.3 Å². The minimum atomic E-state index is -1.02. The van der Waals surface area contributed by atoms with Crippen molar-refractivity contribution >= 4 is 21.9 Å². The zero-order valence-corrected chi connectivity index (χ0v) is 13.5. The van der Waals surface area contributed by atoms with Gasteiger partial charge in [0.15, 0.2) is 11.9 Å². The fourth-order valence-corrected chi connectivity index (χ4v) is 2.09. The average molecular weight is 354 g/mol. The van der Waals surface area contributed by atoms with Crippen molar-refractivity contribution in [2.24, 2.45) is 0 Å². The van der Waals surface area contributed by atoms with Crippen molar-refractivity contribution in [1.82, 2.24) is 5.16 Å². The summed E-state index contributed by atoms with van der Waals surface area (Å²) in [4.78, 5) is 10.9. The Bertz CT molecular complexity index is 651. The van der Waals surface area contributed by atoms with Crippen LogP contribution in [0.1, 0.15) is 32.4 Å². The molecular formula is C15H16BrNO4. The van der Waals surface area contributed by atoms with Crippen molar-refractivity contribution in [3.63, 3.8) is 0 Å². The number of halogens is 1. The number of carbonyl (C=O) groups is 1. The van der Waals surface area contributed by atoms with E-state index in [0.717, 1.165) is 10.2 Å². The maximum atomic E-state index is 10.9. The standard InChI is InChI=1S/C15H16BrNO4/c1-8(2)12-7-14(21-17-12)11-6-10(16)4-5-13(11)20-9(3)15(18)19/h4-9H,1-3H3,(H,18,19)/t9-/m0/s1. The van der Waals surface area contributed by atoms with E-state index < -0.39 is 12.1 Å². The normalized spacial score (nSPS) is 12.4. The van der Waals surface area contributed by atoms with Crippen molar-refractivity contribution in [2.45, 2.75) is 32.8 Å². The molecule has 0 amide bonds. The molecule has 0 aliphatic rings. The molecule has 2 aromatic rings. The quantitative estimate of drug-likeness (QED) is 0.876.